The molecule has 3 unspecified atom stereocenters. The van der Waals surface area contributed by atoms with Crippen molar-refractivity contribution in [2.45, 2.75) is 31.8 Å². The molecular formula is C22H26N2O. The Morgan fingerprint density at radius 3 is 2.48 bits per heavy atom. The Balaban J connectivity index is 1.43. The summed E-state index contributed by atoms with van der Waals surface area (Å²) in [4.78, 5) is 15.2. The van der Waals surface area contributed by atoms with Crippen LogP contribution < -0.4 is 5.32 Å². The lowest BCUT2D eigenvalue weighted by atomic mass is 9.86. The molecule has 0 spiro atoms. The lowest BCUT2D eigenvalue weighted by Gasteiger charge is -2.33. The van der Waals surface area contributed by atoms with Crippen molar-refractivity contribution >= 4 is 5.91 Å². The summed E-state index contributed by atoms with van der Waals surface area (Å²) in [5, 5.41) is 3.36. The van der Waals surface area contributed by atoms with Gasteiger partial charge < -0.3 is 5.32 Å². The summed E-state index contributed by atoms with van der Waals surface area (Å²) in [5.41, 5.74) is 2.03. The molecule has 1 heterocycles. The van der Waals surface area contributed by atoms with Gasteiger partial charge in [0.25, 0.3) is 5.91 Å². The second kappa shape index (κ2) is 6.64. The van der Waals surface area contributed by atoms with E-state index in [9.17, 15) is 4.79 Å². The van der Waals surface area contributed by atoms with Crippen LogP contribution in [0.25, 0.3) is 0 Å². The second-order valence-corrected chi connectivity index (χ2v) is 7.82. The van der Waals surface area contributed by atoms with Crippen LogP contribution in [0.4, 0.5) is 0 Å². The second-order valence-electron chi connectivity index (χ2n) is 7.82. The van der Waals surface area contributed by atoms with E-state index in [1.54, 1.807) is 0 Å². The fraction of sp³-hybridized carbons (Fsp3) is 0.409. The Labute approximate surface area is 150 Å². The van der Waals surface area contributed by atoms with Crippen molar-refractivity contribution < 1.29 is 4.79 Å². The topological polar surface area (TPSA) is 32.3 Å². The first kappa shape index (κ1) is 16.3. The highest BCUT2D eigenvalue weighted by atomic mass is 16.1. The van der Waals surface area contributed by atoms with Crippen molar-refractivity contribution in [1.29, 1.82) is 0 Å². The Bertz CT molecular complexity index is 730. The number of amides is 1. The molecule has 3 nitrogen and oxygen atoms in total. The number of rotatable bonds is 4. The highest BCUT2D eigenvalue weighted by Crippen LogP contribution is 2.45. The van der Waals surface area contributed by atoms with E-state index in [1.807, 2.05) is 30.3 Å². The van der Waals surface area contributed by atoms with Gasteiger partial charge in [0.15, 0.2) is 0 Å². The SMILES string of the molecule is CC1(NC(=O)c2ccccc2)CCC2CN(Cc3ccccc3)CC21. The Morgan fingerprint density at radius 2 is 1.76 bits per heavy atom. The third kappa shape index (κ3) is 3.34. The molecule has 1 N–H and O–H groups in total. The molecular weight excluding hydrogens is 308 g/mol. The molecule has 1 amide bonds. The predicted molar refractivity (Wildman–Crippen MR) is 100 cm³/mol. The molecule has 3 atom stereocenters. The maximum absolute atomic E-state index is 12.6. The Morgan fingerprint density at radius 1 is 1.08 bits per heavy atom. The van der Waals surface area contributed by atoms with Crippen molar-refractivity contribution in [2.24, 2.45) is 11.8 Å². The molecule has 3 heteroatoms. The van der Waals surface area contributed by atoms with Crippen molar-refractivity contribution in [3.8, 4) is 0 Å². The van der Waals surface area contributed by atoms with Gasteiger partial charge in [0.1, 0.15) is 0 Å². The number of nitrogens with zero attached hydrogens (tertiary/aromatic N) is 1. The summed E-state index contributed by atoms with van der Waals surface area (Å²) in [6.07, 6.45) is 2.29. The first-order valence-electron chi connectivity index (χ1n) is 9.28. The zero-order valence-electron chi connectivity index (χ0n) is 14.8. The molecule has 0 bridgehead atoms. The number of nitrogens with one attached hydrogen (secondary N) is 1. The minimum atomic E-state index is -0.0942. The summed E-state index contributed by atoms with van der Waals surface area (Å²) in [5.74, 6) is 1.30. The van der Waals surface area contributed by atoms with Crippen LogP contribution in [0.2, 0.25) is 0 Å². The Hall–Kier alpha value is -2.13. The molecule has 0 aromatic heterocycles. The number of hydrogen-bond acceptors (Lipinski definition) is 2. The van der Waals surface area contributed by atoms with E-state index < -0.39 is 0 Å². The van der Waals surface area contributed by atoms with Crippen LogP contribution in [-0.4, -0.2) is 29.4 Å². The minimum Gasteiger partial charge on any atom is -0.347 e. The number of carbonyl (C=O) groups excluding carboxylic acids is 1. The van der Waals surface area contributed by atoms with Gasteiger partial charge in [-0.1, -0.05) is 48.5 Å². The monoisotopic (exact) mass is 334 g/mol. The number of fused-ring (bicyclic) bond motifs is 1. The lowest BCUT2D eigenvalue weighted by molar-refractivity contribution is 0.0878. The summed E-state index contributed by atoms with van der Waals surface area (Å²) in [6, 6.07) is 20.3. The number of hydrogen-bond donors (Lipinski definition) is 1. The molecule has 2 aromatic rings. The maximum atomic E-state index is 12.6. The van der Waals surface area contributed by atoms with Gasteiger partial charge >= 0.3 is 0 Å². The molecule has 1 aliphatic heterocycles. The van der Waals surface area contributed by atoms with Crippen LogP contribution in [0.5, 0.6) is 0 Å². The van der Waals surface area contributed by atoms with Gasteiger partial charge in [-0.3, -0.25) is 9.69 Å². The Kier molecular flexibility index (Phi) is 4.34. The quantitative estimate of drug-likeness (QED) is 0.924. The third-order valence-corrected chi connectivity index (χ3v) is 6.05. The first-order valence-corrected chi connectivity index (χ1v) is 9.28. The fourth-order valence-corrected chi connectivity index (χ4v) is 4.69. The van der Waals surface area contributed by atoms with E-state index in [0.29, 0.717) is 11.8 Å². The summed E-state index contributed by atoms with van der Waals surface area (Å²) in [7, 11) is 0. The van der Waals surface area contributed by atoms with Crippen LogP contribution in [-0.2, 0) is 6.54 Å². The van der Waals surface area contributed by atoms with E-state index in [2.05, 4.69) is 47.5 Å². The molecule has 1 saturated heterocycles. The summed E-state index contributed by atoms with van der Waals surface area (Å²) in [6.45, 7) is 5.47. The maximum Gasteiger partial charge on any atom is 0.251 e. The average molecular weight is 334 g/mol. The van der Waals surface area contributed by atoms with Gasteiger partial charge in [-0.05, 0) is 49.3 Å². The minimum absolute atomic E-state index is 0.0604. The van der Waals surface area contributed by atoms with Crippen LogP contribution >= 0.6 is 0 Å². The number of benzene rings is 2. The van der Waals surface area contributed by atoms with E-state index in [4.69, 9.17) is 0 Å². The number of likely N-dealkylation sites (tertiary alicyclic amines) is 1. The van der Waals surface area contributed by atoms with Crippen molar-refractivity contribution in [3.63, 3.8) is 0 Å². The van der Waals surface area contributed by atoms with E-state index in [0.717, 1.165) is 31.6 Å². The molecule has 0 radical (unpaired) electrons. The highest BCUT2D eigenvalue weighted by molar-refractivity contribution is 5.94. The van der Waals surface area contributed by atoms with Crippen LogP contribution in [0.3, 0.4) is 0 Å². The summed E-state index contributed by atoms with van der Waals surface area (Å²) >= 11 is 0. The molecule has 1 aliphatic carbocycles. The third-order valence-electron chi connectivity index (χ3n) is 6.05. The van der Waals surface area contributed by atoms with Crippen LogP contribution in [0, 0.1) is 11.8 Å². The van der Waals surface area contributed by atoms with Gasteiger partial charge in [0, 0.05) is 30.7 Å². The normalized spacial score (nSPS) is 28.7. The van der Waals surface area contributed by atoms with Crippen molar-refractivity contribution in [1.82, 2.24) is 10.2 Å². The molecule has 1 saturated carbocycles. The van der Waals surface area contributed by atoms with Gasteiger partial charge in [-0.2, -0.15) is 0 Å². The zero-order valence-corrected chi connectivity index (χ0v) is 14.8. The molecule has 2 aromatic carbocycles. The van der Waals surface area contributed by atoms with Crippen molar-refractivity contribution in [3.05, 3.63) is 71.8 Å². The highest BCUT2D eigenvalue weighted by Gasteiger charge is 2.50. The zero-order chi connectivity index (χ0) is 17.3. The molecule has 25 heavy (non-hydrogen) atoms. The van der Waals surface area contributed by atoms with Gasteiger partial charge in [-0.25, -0.2) is 0 Å². The lowest BCUT2D eigenvalue weighted by Crippen LogP contribution is -2.50. The summed E-state index contributed by atoms with van der Waals surface area (Å²) < 4.78 is 0. The molecule has 130 valence electrons. The van der Waals surface area contributed by atoms with Gasteiger partial charge in [-0.15, -0.1) is 0 Å². The smallest absolute Gasteiger partial charge is 0.251 e. The van der Waals surface area contributed by atoms with Crippen LogP contribution in [0.15, 0.2) is 60.7 Å². The van der Waals surface area contributed by atoms with Gasteiger partial charge in [0.2, 0.25) is 0 Å². The largest absolute Gasteiger partial charge is 0.347 e. The average Bonchev–Trinajstić information content (AvgIpc) is 3.17. The van der Waals surface area contributed by atoms with Gasteiger partial charge in [0.05, 0.1) is 0 Å². The standard InChI is InChI=1S/C22H26N2O/c1-22(23-21(25)18-10-6-3-7-11-18)13-12-19-15-24(16-20(19)22)14-17-8-4-2-5-9-17/h2-11,19-20H,12-16H2,1H3,(H,23,25). The number of carbonyl (C=O) groups is 1. The molecule has 2 fully saturated rings. The fourth-order valence-electron chi connectivity index (χ4n) is 4.69. The van der Waals surface area contributed by atoms with E-state index >= 15 is 0 Å². The predicted octanol–water partition coefficient (Wildman–Crippen LogP) is 3.72. The first-order chi connectivity index (χ1) is 12.1. The van der Waals surface area contributed by atoms with Crippen LogP contribution in [0.1, 0.15) is 35.7 Å². The molecule has 4 rings (SSSR count). The van der Waals surface area contributed by atoms with E-state index in [-0.39, 0.29) is 11.4 Å². The van der Waals surface area contributed by atoms with E-state index in [1.165, 1.54) is 12.0 Å². The van der Waals surface area contributed by atoms with Crippen molar-refractivity contribution in [2.75, 3.05) is 13.1 Å². The molecule has 2 aliphatic rings.